The van der Waals surface area contributed by atoms with E-state index in [2.05, 4.69) is 32.7 Å². The van der Waals surface area contributed by atoms with E-state index >= 15 is 0 Å². The van der Waals surface area contributed by atoms with Gasteiger partial charge in [0.2, 0.25) is 0 Å². The quantitative estimate of drug-likeness (QED) is 0.628. The second-order valence-corrected chi connectivity index (χ2v) is 7.32. The lowest BCUT2D eigenvalue weighted by atomic mass is 9.55. The van der Waals surface area contributed by atoms with Gasteiger partial charge in [-0.25, -0.2) is 0 Å². The van der Waals surface area contributed by atoms with Gasteiger partial charge in [0, 0.05) is 32.2 Å². The average Bonchev–Trinajstić information content (AvgIpc) is 2.96. The second kappa shape index (κ2) is 7.72. The van der Waals surface area contributed by atoms with Crippen molar-refractivity contribution in [1.29, 1.82) is 0 Å². The van der Waals surface area contributed by atoms with Crippen molar-refractivity contribution in [3.05, 3.63) is 11.6 Å². The number of hydrogen-bond donors (Lipinski definition) is 2. The third-order valence-electron chi connectivity index (χ3n) is 6.07. The molecule has 140 valence electrons. The summed E-state index contributed by atoms with van der Waals surface area (Å²) in [6.45, 7) is 5.47. The number of hydrogen-bond acceptors (Lipinski definition) is 4. The van der Waals surface area contributed by atoms with Gasteiger partial charge in [0.05, 0.1) is 12.6 Å². The Kier molecular flexibility index (Phi) is 5.61. The molecular weight excluding hydrogens is 316 g/mol. The van der Waals surface area contributed by atoms with E-state index in [0.29, 0.717) is 18.7 Å². The lowest BCUT2D eigenvalue weighted by Gasteiger charge is -2.57. The van der Waals surface area contributed by atoms with Gasteiger partial charge in [-0.1, -0.05) is 19.3 Å². The van der Waals surface area contributed by atoms with Crippen LogP contribution in [0.25, 0.3) is 0 Å². The minimum Gasteiger partial charge on any atom is -0.378 e. The predicted octanol–water partition coefficient (Wildman–Crippen LogP) is 1.92. The van der Waals surface area contributed by atoms with Crippen molar-refractivity contribution in [2.24, 2.45) is 17.5 Å². The maximum absolute atomic E-state index is 6.04. The van der Waals surface area contributed by atoms with Crippen LogP contribution in [0.15, 0.2) is 4.99 Å². The standard InChI is InChI=1S/C18H32N6O/c1-5-25-15-11-14(18(15)9-7-6-8-10-18)21-17(19-3)20-12-16-23-22-13(2)24(16)4/h14-15H,5-12H2,1-4H3,(H2,19,20,21). The highest BCUT2D eigenvalue weighted by Gasteiger charge is 2.55. The molecular formula is C18H32N6O. The van der Waals surface area contributed by atoms with Gasteiger partial charge in [-0.2, -0.15) is 0 Å². The monoisotopic (exact) mass is 348 g/mol. The number of nitrogens with zero attached hydrogens (tertiary/aromatic N) is 4. The van der Waals surface area contributed by atoms with Crippen molar-refractivity contribution in [3.63, 3.8) is 0 Å². The van der Waals surface area contributed by atoms with Crippen LogP contribution in [0.3, 0.4) is 0 Å². The molecule has 0 bridgehead atoms. The Labute approximate surface area is 150 Å². The highest BCUT2D eigenvalue weighted by molar-refractivity contribution is 5.80. The van der Waals surface area contributed by atoms with Crippen molar-refractivity contribution in [3.8, 4) is 0 Å². The number of nitrogens with one attached hydrogen (secondary N) is 2. The van der Waals surface area contributed by atoms with Crippen molar-refractivity contribution in [1.82, 2.24) is 25.4 Å². The van der Waals surface area contributed by atoms with Gasteiger partial charge in [0.15, 0.2) is 11.8 Å². The molecule has 25 heavy (non-hydrogen) atoms. The molecule has 0 radical (unpaired) electrons. The number of aryl methyl sites for hydroxylation is 1. The lowest BCUT2D eigenvalue weighted by Crippen LogP contribution is -2.66. The Morgan fingerprint density at radius 1 is 1.32 bits per heavy atom. The molecule has 0 aromatic carbocycles. The van der Waals surface area contributed by atoms with Gasteiger partial charge in [-0.05, 0) is 33.1 Å². The largest absolute Gasteiger partial charge is 0.378 e. The van der Waals surface area contributed by atoms with Crippen LogP contribution in [-0.4, -0.2) is 46.5 Å². The summed E-state index contributed by atoms with van der Waals surface area (Å²) in [6, 6.07) is 0.441. The highest BCUT2D eigenvalue weighted by Crippen LogP contribution is 2.53. The van der Waals surface area contributed by atoms with E-state index in [9.17, 15) is 0 Å². The Hall–Kier alpha value is -1.63. The third-order valence-corrected chi connectivity index (χ3v) is 6.07. The summed E-state index contributed by atoms with van der Waals surface area (Å²) in [7, 11) is 3.81. The molecule has 2 unspecified atom stereocenters. The van der Waals surface area contributed by atoms with E-state index in [-0.39, 0.29) is 5.41 Å². The van der Waals surface area contributed by atoms with Crippen LogP contribution in [0.4, 0.5) is 0 Å². The van der Waals surface area contributed by atoms with E-state index in [1.165, 1.54) is 32.1 Å². The topological polar surface area (TPSA) is 76.4 Å². The maximum Gasteiger partial charge on any atom is 0.191 e. The number of aromatic nitrogens is 3. The zero-order valence-electron chi connectivity index (χ0n) is 16.0. The number of rotatable bonds is 5. The van der Waals surface area contributed by atoms with Crippen LogP contribution in [-0.2, 0) is 18.3 Å². The van der Waals surface area contributed by atoms with Crippen LogP contribution in [0.1, 0.15) is 57.1 Å². The second-order valence-electron chi connectivity index (χ2n) is 7.32. The van der Waals surface area contributed by atoms with Gasteiger partial charge in [-0.15, -0.1) is 10.2 Å². The molecule has 1 aromatic rings. The van der Waals surface area contributed by atoms with Crippen molar-refractivity contribution < 1.29 is 4.74 Å². The normalized spacial score (nSPS) is 25.7. The smallest absolute Gasteiger partial charge is 0.191 e. The number of ether oxygens (including phenoxy) is 1. The number of guanidine groups is 1. The first-order chi connectivity index (χ1) is 12.1. The van der Waals surface area contributed by atoms with E-state index in [1.54, 1.807) is 0 Å². The summed E-state index contributed by atoms with van der Waals surface area (Å²) in [5.74, 6) is 2.67. The molecule has 0 aliphatic heterocycles. The molecule has 3 rings (SSSR count). The Balaban J connectivity index is 1.60. The van der Waals surface area contributed by atoms with E-state index < -0.39 is 0 Å². The predicted molar refractivity (Wildman–Crippen MR) is 98.4 cm³/mol. The fraction of sp³-hybridized carbons (Fsp3) is 0.833. The minimum absolute atomic E-state index is 0.285. The molecule has 2 aliphatic carbocycles. The van der Waals surface area contributed by atoms with Gasteiger partial charge in [-0.3, -0.25) is 4.99 Å². The van der Waals surface area contributed by atoms with E-state index in [1.807, 2.05) is 25.6 Å². The lowest BCUT2D eigenvalue weighted by molar-refractivity contribution is -0.145. The minimum atomic E-state index is 0.285. The SMILES string of the molecule is CCOC1CC(NC(=NC)NCc2nnc(C)n2C)C12CCCCC2. The molecule has 1 aromatic heterocycles. The van der Waals surface area contributed by atoms with Crippen LogP contribution in [0.2, 0.25) is 0 Å². The molecule has 1 spiro atoms. The average molecular weight is 348 g/mol. The molecule has 2 aliphatic rings. The fourth-order valence-electron chi connectivity index (χ4n) is 4.39. The Morgan fingerprint density at radius 2 is 2.08 bits per heavy atom. The van der Waals surface area contributed by atoms with Crippen molar-refractivity contribution >= 4 is 5.96 Å². The first kappa shape index (κ1) is 18.2. The zero-order chi connectivity index (χ0) is 17.9. The third kappa shape index (κ3) is 3.52. The molecule has 7 heteroatoms. The Bertz CT molecular complexity index is 605. The summed E-state index contributed by atoms with van der Waals surface area (Å²) in [6.07, 6.45) is 7.96. The number of aliphatic imine (C=N–C) groups is 1. The first-order valence-electron chi connectivity index (χ1n) is 9.54. The zero-order valence-corrected chi connectivity index (χ0v) is 16.0. The van der Waals surface area contributed by atoms with Crippen LogP contribution >= 0.6 is 0 Å². The molecule has 2 saturated carbocycles. The molecule has 7 nitrogen and oxygen atoms in total. The van der Waals surface area contributed by atoms with Crippen LogP contribution in [0.5, 0.6) is 0 Å². The van der Waals surface area contributed by atoms with Gasteiger partial charge in [0.1, 0.15) is 5.82 Å². The maximum atomic E-state index is 6.04. The van der Waals surface area contributed by atoms with Gasteiger partial charge >= 0.3 is 0 Å². The van der Waals surface area contributed by atoms with Crippen molar-refractivity contribution in [2.75, 3.05) is 13.7 Å². The molecule has 0 amide bonds. The molecule has 1 heterocycles. The summed E-state index contributed by atoms with van der Waals surface area (Å²) < 4.78 is 8.04. The van der Waals surface area contributed by atoms with Gasteiger partial charge in [0.25, 0.3) is 0 Å². The molecule has 2 atom stereocenters. The summed E-state index contributed by atoms with van der Waals surface area (Å²) in [4.78, 5) is 4.41. The van der Waals surface area contributed by atoms with Crippen molar-refractivity contribution in [2.45, 2.75) is 71.1 Å². The summed E-state index contributed by atoms with van der Waals surface area (Å²) in [5.41, 5.74) is 0.285. The fourth-order valence-corrected chi connectivity index (χ4v) is 4.39. The summed E-state index contributed by atoms with van der Waals surface area (Å²) >= 11 is 0. The first-order valence-corrected chi connectivity index (χ1v) is 9.54. The molecule has 2 N–H and O–H groups in total. The van der Waals surface area contributed by atoms with Gasteiger partial charge < -0.3 is 19.9 Å². The highest BCUT2D eigenvalue weighted by atomic mass is 16.5. The summed E-state index contributed by atoms with van der Waals surface area (Å²) in [5, 5.41) is 15.3. The van der Waals surface area contributed by atoms with Crippen LogP contribution < -0.4 is 10.6 Å². The Morgan fingerprint density at radius 3 is 2.68 bits per heavy atom. The van der Waals surface area contributed by atoms with E-state index in [4.69, 9.17) is 4.74 Å². The van der Waals surface area contributed by atoms with Crippen LogP contribution in [0, 0.1) is 12.3 Å². The molecule has 0 saturated heterocycles. The van der Waals surface area contributed by atoms with E-state index in [0.717, 1.165) is 30.6 Å². The molecule has 2 fully saturated rings.